The Kier molecular flexibility index (Phi) is 6.63. The lowest BCUT2D eigenvalue weighted by Crippen LogP contribution is -2.26. The minimum atomic E-state index is 0.825. The number of likely N-dealkylation sites (tertiary alicyclic amines) is 1. The van der Waals surface area contributed by atoms with Gasteiger partial charge >= 0.3 is 0 Å². The molecule has 0 radical (unpaired) electrons. The molecule has 14 heavy (non-hydrogen) atoms. The Morgan fingerprint density at radius 3 is 2.79 bits per heavy atom. The van der Waals surface area contributed by atoms with Crippen LogP contribution in [0.15, 0.2) is 0 Å². The van der Waals surface area contributed by atoms with Crippen LogP contribution in [0.25, 0.3) is 0 Å². The molecule has 0 N–H and O–H groups in total. The molecule has 0 aromatic carbocycles. The summed E-state index contributed by atoms with van der Waals surface area (Å²) in [5.74, 6) is 1.82. The summed E-state index contributed by atoms with van der Waals surface area (Å²) in [7, 11) is 0. The van der Waals surface area contributed by atoms with Gasteiger partial charge in [-0.15, -0.1) is 11.6 Å². The minimum absolute atomic E-state index is 0.825. The molecule has 1 heterocycles. The second-order valence-electron chi connectivity index (χ2n) is 4.44. The molecular weight excluding hydrogens is 194 g/mol. The Balaban J connectivity index is 2.14. The van der Waals surface area contributed by atoms with Crippen molar-refractivity contribution in [1.82, 2.24) is 4.90 Å². The third-order valence-corrected chi connectivity index (χ3v) is 3.64. The quantitative estimate of drug-likeness (QED) is 0.503. The lowest BCUT2D eigenvalue weighted by molar-refractivity contribution is 0.276. The molecule has 0 saturated carbocycles. The Labute approximate surface area is 93.8 Å². The van der Waals surface area contributed by atoms with Crippen molar-refractivity contribution in [2.24, 2.45) is 5.92 Å². The summed E-state index contributed by atoms with van der Waals surface area (Å²) in [6.07, 6.45) is 8.09. The van der Waals surface area contributed by atoms with Crippen LogP contribution in [0.4, 0.5) is 0 Å². The zero-order chi connectivity index (χ0) is 10.2. The van der Waals surface area contributed by atoms with Crippen LogP contribution >= 0.6 is 11.6 Å². The van der Waals surface area contributed by atoms with Crippen molar-refractivity contribution in [2.45, 2.75) is 45.4 Å². The van der Waals surface area contributed by atoms with Gasteiger partial charge in [0.15, 0.2) is 0 Å². The SMILES string of the molecule is CCC1CCCN(CCCCCl)CC1. The molecule has 1 fully saturated rings. The van der Waals surface area contributed by atoms with E-state index in [0.717, 1.165) is 11.8 Å². The Morgan fingerprint density at radius 2 is 2.07 bits per heavy atom. The maximum atomic E-state index is 5.68. The molecule has 1 unspecified atom stereocenters. The van der Waals surface area contributed by atoms with Crippen molar-refractivity contribution in [3.05, 3.63) is 0 Å². The van der Waals surface area contributed by atoms with Crippen LogP contribution in [0, 0.1) is 5.92 Å². The van der Waals surface area contributed by atoms with Gasteiger partial charge in [-0.05, 0) is 57.7 Å². The summed E-state index contributed by atoms with van der Waals surface area (Å²) in [6.45, 7) is 6.23. The zero-order valence-corrected chi connectivity index (χ0v) is 10.2. The first kappa shape index (κ1) is 12.3. The predicted octanol–water partition coefficient (Wildman–Crippen LogP) is 3.52. The number of halogens is 1. The van der Waals surface area contributed by atoms with Crippen LogP contribution in [0.2, 0.25) is 0 Å². The van der Waals surface area contributed by atoms with Crippen LogP contribution in [-0.2, 0) is 0 Å². The first-order valence-corrected chi connectivity index (χ1v) is 6.68. The van der Waals surface area contributed by atoms with E-state index >= 15 is 0 Å². The van der Waals surface area contributed by atoms with Gasteiger partial charge in [0.25, 0.3) is 0 Å². The molecule has 1 aliphatic rings. The fourth-order valence-corrected chi connectivity index (χ4v) is 2.48. The zero-order valence-electron chi connectivity index (χ0n) is 9.47. The second kappa shape index (κ2) is 7.53. The van der Waals surface area contributed by atoms with Gasteiger partial charge < -0.3 is 4.90 Å². The van der Waals surface area contributed by atoms with Crippen molar-refractivity contribution < 1.29 is 0 Å². The number of nitrogens with zero attached hydrogens (tertiary/aromatic N) is 1. The minimum Gasteiger partial charge on any atom is -0.303 e. The van der Waals surface area contributed by atoms with Crippen molar-refractivity contribution in [3.8, 4) is 0 Å². The first-order valence-electron chi connectivity index (χ1n) is 6.15. The largest absolute Gasteiger partial charge is 0.303 e. The van der Waals surface area contributed by atoms with E-state index in [4.69, 9.17) is 11.6 Å². The summed E-state index contributed by atoms with van der Waals surface area (Å²) in [4.78, 5) is 2.63. The molecule has 0 aromatic heterocycles. The average Bonchev–Trinajstić information content (AvgIpc) is 2.43. The highest BCUT2D eigenvalue weighted by molar-refractivity contribution is 6.17. The Morgan fingerprint density at radius 1 is 1.21 bits per heavy atom. The summed E-state index contributed by atoms with van der Waals surface area (Å²) in [5, 5.41) is 0. The number of hydrogen-bond donors (Lipinski definition) is 0. The molecule has 0 bridgehead atoms. The van der Waals surface area contributed by atoms with Gasteiger partial charge in [-0.2, -0.15) is 0 Å². The molecule has 1 saturated heterocycles. The van der Waals surface area contributed by atoms with Gasteiger partial charge in [-0.3, -0.25) is 0 Å². The van der Waals surface area contributed by atoms with Gasteiger partial charge in [0.05, 0.1) is 0 Å². The van der Waals surface area contributed by atoms with Crippen LogP contribution < -0.4 is 0 Å². The molecule has 0 spiro atoms. The molecule has 0 aromatic rings. The molecule has 0 amide bonds. The van der Waals surface area contributed by atoms with Crippen LogP contribution in [0.1, 0.15) is 45.4 Å². The summed E-state index contributed by atoms with van der Waals surface area (Å²) in [6, 6.07) is 0. The highest BCUT2D eigenvalue weighted by Gasteiger charge is 2.14. The van der Waals surface area contributed by atoms with Gasteiger partial charge in [0, 0.05) is 5.88 Å². The molecule has 1 aliphatic heterocycles. The summed E-state index contributed by atoms with van der Waals surface area (Å²) in [5.41, 5.74) is 0. The Hall–Kier alpha value is 0.250. The number of hydrogen-bond acceptors (Lipinski definition) is 1. The van der Waals surface area contributed by atoms with E-state index in [1.54, 1.807) is 0 Å². The highest BCUT2D eigenvalue weighted by atomic mass is 35.5. The monoisotopic (exact) mass is 217 g/mol. The Bertz CT molecular complexity index is 138. The molecule has 84 valence electrons. The normalized spacial score (nSPS) is 24.9. The van der Waals surface area contributed by atoms with E-state index in [1.807, 2.05) is 0 Å². The fraction of sp³-hybridized carbons (Fsp3) is 1.00. The van der Waals surface area contributed by atoms with E-state index in [1.165, 1.54) is 58.2 Å². The third-order valence-electron chi connectivity index (χ3n) is 3.38. The molecular formula is C12H24ClN. The number of alkyl halides is 1. The maximum Gasteiger partial charge on any atom is 0.0223 e. The first-order chi connectivity index (χ1) is 6.86. The third kappa shape index (κ3) is 4.65. The lowest BCUT2D eigenvalue weighted by Gasteiger charge is -2.19. The van der Waals surface area contributed by atoms with Crippen molar-refractivity contribution in [3.63, 3.8) is 0 Å². The maximum absolute atomic E-state index is 5.68. The summed E-state index contributed by atoms with van der Waals surface area (Å²) >= 11 is 5.68. The van der Waals surface area contributed by atoms with Crippen molar-refractivity contribution in [2.75, 3.05) is 25.5 Å². The van der Waals surface area contributed by atoms with E-state index in [2.05, 4.69) is 11.8 Å². The van der Waals surface area contributed by atoms with E-state index < -0.39 is 0 Å². The molecule has 1 nitrogen and oxygen atoms in total. The van der Waals surface area contributed by atoms with E-state index in [-0.39, 0.29) is 0 Å². The van der Waals surface area contributed by atoms with E-state index in [9.17, 15) is 0 Å². The van der Waals surface area contributed by atoms with Gasteiger partial charge in [0.1, 0.15) is 0 Å². The van der Waals surface area contributed by atoms with Crippen LogP contribution in [0.3, 0.4) is 0 Å². The van der Waals surface area contributed by atoms with Crippen LogP contribution in [0.5, 0.6) is 0 Å². The van der Waals surface area contributed by atoms with Crippen LogP contribution in [-0.4, -0.2) is 30.4 Å². The average molecular weight is 218 g/mol. The molecule has 1 atom stereocenters. The lowest BCUT2D eigenvalue weighted by atomic mass is 9.98. The second-order valence-corrected chi connectivity index (χ2v) is 4.82. The van der Waals surface area contributed by atoms with Crippen molar-refractivity contribution in [1.29, 1.82) is 0 Å². The topological polar surface area (TPSA) is 3.24 Å². The smallest absolute Gasteiger partial charge is 0.0223 e. The molecule has 0 aliphatic carbocycles. The highest BCUT2D eigenvalue weighted by Crippen LogP contribution is 2.20. The fourth-order valence-electron chi connectivity index (χ4n) is 2.29. The summed E-state index contributed by atoms with van der Waals surface area (Å²) < 4.78 is 0. The van der Waals surface area contributed by atoms with Gasteiger partial charge in [0.2, 0.25) is 0 Å². The predicted molar refractivity (Wildman–Crippen MR) is 64.0 cm³/mol. The molecule has 2 heteroatoms. The standard InChI is InChI=1S/C12H24ClN/c1-2-12-6-5-10-14(11-7-12)9-4-3-8-13/h12H,2-11H2,1H3. The molecule has 1 rings (SSSR count). The number of unbranched alkanes of at least 4 members (excludes halogenated alkanes) is 1. The van der Waals surface area contributed by atoms with Gasteiger partial charge in [-0.25, -0.2) is 0 Å². The van der Waals surface area contributed by atoms with E-state index in [0.29, 0.717) is 0 Å². The van der Waals surface area contributed by atoms with Gasteiger partial charge in [-0.1, -0.05) is 13.3 Å². The van der Waals surface area contributed by atoms with Crippen molar-refractivity contribution >= 4 is 11.6 Å². The number of rotatable bonds is 5.